The van der Waals surface area contributed by atoms with Gasteiger partial charge in [-0.15, -0.1) is 0 Å². The molecule has 1 fully saturated rings. The van der Waals surface area contributed by atoms with Crippen molar-refractivity contribution in [1.29, 1.82) is 0 Å². The Balaban J connectivity index is 1.74. The Morgan fingerprint density at radius 2 is 2.00 bits per heavy atom. The van der Waals surface area contributed by atoms with Crippen LogP contribution in [0.4, 0.5) is 0 Å². The van der Waals surface area contributed by atoms with Crippen LogP contribution in [0.1, 0.15) is 27.9 Å². The quantitative estimate of drug-likeness (QED) is 0.797. The number of rotatable bonds is 2. The normalized spacial score (nSPS) is 19.9. The van der Waals surface area contributed by atoms with Crippen molar-refractivity contribution in [2.24, 2.45) is 0 Å². The lowest BCUT2D eigenvalue weighted by molar-refractivity contribution is -0.136. The highest BCUT2D eigenvalue weighted by atomic mass is 16.2. The van der Waals surface area contributed by atoms with Crippen molar-refractivity contribution < 1.29 is 9.59 Å². The van der Waals surface area contributed by atoms with Gasteiger partial charge in [-0.3, -0.25) is 14.5 Å². The molecule has 0 spiro atoms. The number of Topliss-reactive ketones (excluding diaryl/α,β-unsaturated/α-hetero) is 1. The molecule has 4 heteroatoms. The zero-order chi connectivity index (χ0) is 13.4. The first-order chi connectivity index (χ1) is 9.13. The Labute approximate surface area is 113 Å². The minimum atomic E-state index is 0.185. The van der Waals surface area contributed by atoms with Crippen molar-refractivity contribution in [2.45, 2.75) is 19.4 Å². The standard InChI is InChI=1S/C15H18N2O2/c1-16-6-7-17(15(19)10-16)9-11-2-4-13-12(8-11)3-5-14(13)18/h2,4,8H,3,5-7,9-10H2,1H3. The van der Waals surface area contributed by atoms with Gasteiger partial charge in [0.1, 0.15) is 0 Å². The molecule has 1 saturated heterocycles. The highest BCUT2D eigenvalue weighted by Crippen LogP contribution is 2.23. The molecular formula is C15H18N2O2. The van der Waals surface area contributed by atoms with E-state index in [-0.39, 0.29) is 11.7 Å². The van der Waals surface area contributed by atoms with E-state index in [2.05, 4.69) is 6.07 Å². The molecule has 19 heavy (non-hydrogen) atoms. The molecule has 0 bridgehead atoms. The predicted molar refractivity (Wildman–Crippen MR) is 72.0 cm³/mol. The van der Waals surface area contributed by atoms with Gasteiger partial charge in [0.25, 0.3) is 0 Å². The predicted octanol–water partition coefficient (Wildman–Crippen LogP) is 1.09. The van der Waals surface area contributed by atoms with Gasteiger partial charge in [-0.25, -0.2) is 0 Å². The van der Waals surface area contributed by atoms with E-state index in [1.54, 1.807) is 0 Å². The van der Waals surface area contributed by atoms with Gasteiger partial charge in [-0.05, 0) is 24.6 Å². The number of aryl methyl sites for hydroxylation is 1. The minimum Gasteiger partial charge on any atom is -0.336 e. The molecule has 0 atom stereocenters. The van der Waals surface area contributed by atoms with Gasteiger partial charge in [0, 0.05) is 31.6 Å². The number of nitrogens with zero attached hydrogens (tertiary/aromatic N) is 2. The van der Waals surface area contributed by atoms with E-state index in [9.17, 15) is 9.59 Å². The molecule has 1 aliphatic heterocycles. The number of carbonyl (C=O) groups is 2. The van der Waals surface area contributed by atoms with E-state index < -0.39 is 0 Å². The lowest BCUT2D eigenvalue weighted by Gasteiger charge is -2.32. The fourth-order valence-corrected chi connectivity index (χ4v) is 2.82. The summed E-state index contributed by atoms with van der Waals surface area (Å²) in [6.45, 7) is 2.87. The molecule has 1 amide bonds. The Bertz CT molecular complexity index is 539. The molecule has 0 radical (unpaired) electrons. The summed E-state index contributed by atoms with van der Waals surface area (Å²) in [5.74, 6) is 0.433. The molecule has 1 aromatic rings. The second-order valence-electron chi connectivity index (χ2n) is 5.47. The van der Waals surface area contributed by atoms with Crippen molar-refractivity contribution in [3.05, 3.63) is 34.9 Å². The van der Waals surface area contributed by atoms with Gasteiger partial charge in [0.2, 0.25) is 5.91 Å². The van der Waals surface area contributed by atoms with Gasteiger partial charge in [0.15, 0.2) is 5.78 Å². The van der Waals surface area contributed by atoms with Crippen LogP contribution >= 0.6 is 0 Å². The summed E-state index contributed by atoms with van der Waals surface area (Å²) in [6.07, 6.45) is 1.48. The molecule has 2 aliphatic rings. The molecule has 0 unspecified atom stereocenters. The van der Waals surface area contributed by atoms with Crippen LogP contribution in [-0.2, 0) is 17.8 Å². The van der Waals surface area contributed by atoms with Crippen LogP contribution in [0.15, 0.2) is 18.2 Å². The van der Waals surface area contributed by atoms with Crippen molar-refractivity contribution in [3.8, 4) is 0 Å². The number of fused-ring (bicyclic) bond motifs is 1. The molecule has 100 valence electrons. The molecule has 1 aromatic carbocycles. The monoisotopic (exact) mass is 258 g/mol. The molecule has 4 nitrogen and oxygen atoms in total. The maximum Gasteiger partial charge on any atom is 0.237 e. The van der Waals surface area contributed by atoms with Crippen molar-refractivity contribution in [1.82, 2.24) is 9.80 Å². The second-order valence-corrected chi connectivity index (χ2v) is 5.47. The number of carbonyl (C=O) groups excluding carboxylic acids is 2. The van der Waals surface area contributed by atoms with Crippen LogP contribution in [0.5, 0.6) is 0 Å². The average molecular weight is 258 g/mol. The summed E-state index contributed by atoms with van der Waals surface area (Å²) in [6, 6.07) is 5.99. The fourth-order valence-electron chi connectivity index (χ4n) is 2.82. The lowest BCUT2D eigenvalue weighted by atomic mass is 10.1. The van der Waals surface area contributed by atoms with E-state index in [0.29, 0.717) is 19.5 Å². The molecule has 0 saturated carbocycles. The summed E-state index contributed by atoms with van der Waals surface area (Å²) in [4.78, 5) is 27.5. The third kappa shape index (κ3) is 2.40. The first-order valence-corrected chi connectivity index (χ1v) is 6.75. The zero-order valence-electron chi connectivity index (χ0n) is 11.2. The number of hydrogen-bond acceptors (Lipinski definition) is 3. The summed E-state index contributed by atoms with van der Waals surface area (Å²) < 4.78 is 0. The maximum absolute atomic E-state index is 11.9. The third-order valence-electron chi connectivity index (χ3n) is 3.97. The molecule has 1 heterocycles. The second kappa shape index (κ2) is 4.78. The van der Waals surface area contributed by atoms with Crippen LogP contribution < -0.4 is 0 Å². The van der Waals surface area contributed by atoms with E-state index in [4.69, 9.17) is 0 Å². The number of hydrogen-bond donors (Lipinski definition) is 0. The van der Waals surface area contributed by atoms with Gasteiger partial charge < -0.3 is 4.90 Å². The maximum atomic E-state index is 11.9. The highest BCUT2D eigenvalue weighted by molar-refractivity contribution is 6.00. The minimum absolute atomic E-state index is 0.185. The van der Waals surface area contributed by atoms with E-state index in [1.807, 2.05) is 29.0 Å². The molecule has 1 aliphatic carbocycles. The Kier molecular flexibility index (Phi) is 3.11. The SMILES string of the molecule is CN1CCN(Cc2ccc3c(c2)CCC3=O)C(=O)C1. The summed E-state index contributed by atoms with van der Waals surface area (Å²) >= 11 is 0. The summed E-state index contributed by atoms with van der Waals surface area (Å²) in [7, 11) is 1.97. The number of amides is 1. The largest absolute Gasteiger partial charge is 0.336 e. The van der Waals surface area contributed by atoms with Gasteiger partial charge in [-0.1, -0.05) is 18.2 Å². The smallest absolute Gasteiger partial charge is 0.237 e. The highest BCUT2D eigenvalue weighted by Gasteiger charge is 2.23. The number of ketones is 1. The first-order valence-electron chi connectivity index (χ1n) is 6.75. The van der Waals surface area contributed by atoms with Gasteiger partial charge >= 0.3 is 0 Å². The first kappa shape index (κ1) is 12.4. The van der Waals surface area contributed by atoms with Crippen LogP contribution in [0.3, 0.4) is 0 Å². The summed E-state index contributed by atoms with van der Waals surface area (Å²) in [5, 5.41) is 0. The number of piperazine rings is 1. The van der Waals surface area contributed by atoms with Crippen molar-refractivity contribution >= 4 is 11.7 Å². The number of likely N-dealkylation sites (N-methyl/N-ethyl adjacent to an activating group) is 1. The van der Waals surface area contributed by atoms with E-state index >= 15 is 0 Å². The van der Waals surface area contributed by atoms with Crippen LogP contribution in [0, 0.1) is 0 Å². The zero-order valence-corrected chi connectivity index (χ0v) is 11.2. The topological polar surface area (TPSA) is 40.6 Å². The lowest BCUT2D eigenvalue weighted by Crippen LogP contribution is -2.48. The average Bonchev–Trinajstić information content (AvgIpc) is 2.74. The van der Waals surface area contributed by atoms with Gasteiger partial charge in [0.05, 0.1) is 6.54 Å². The van der Waals surface area contributed by atoms with Crippen LogP contribution in [-0.4, -0.2) is 48.2 Å². The third-order valence-corrected chi connectivity index (χ3v) is 3.97. The molecule has 3 rings (SSSR count). The van der Waals surface area contributed by atoms with Crippen molar-refractivity contribution in [3.63, 3.8) is 0 Å². The number of benzene rings is 1. The Morgan fingerprint density at radius 1 is 1.16 bits per heavy atom. The Hall–Kier alpha value is -1.68. The van der Waals surface area contributed by atoms with Gasteiger partial charge in [-0.2, -0.15) is 0 Å². The Morgan fingerprint density at radius 3 is 2.79 bits per heavy atom. The molecule has 0 aromatic heterocycles. The fraction of sp³-hybridized carbons (Fsp3) is 0.467. The van der Waals surface area contributed by atoms with Crippen molar-refractivity contribution in [2.75, 3.05) is 26.7 Å². The summed E-state index contributed by atoms with van der Waals surface area (Å²) in [5.41, 5.74) is 3.14. The van der Waals surface area contributed by atoms with E-state index in [1.165, 1.54) is 0 Å². The molecular weight excluding hydrogens is 240 g/mol. The van der Waals surface area contributed by atoms with Crippen LogP contribution in [0.25, 0.3) is 0 Å². The van der Waals surface area contributed by atoms with E-state index in [0.717, 1.165) is 36.2 Å². The van der Waals surface area contributed by atoms with Crippen LogP contribution in [0.2, 0.25) is 0 Å². The molecule has 0 N–H and O–H groups in total.